The summed E-state index contributed by atoms with van der Waals surface area (Å²) in [5.74, 6) is 0.589. The first-order chi connectivity index (χ1) is 12.6. The van der Waals surface area contributed by atoms with Crippen molar-refractivity contribution in [2.75, 3.05) is 26.7 Å². The molecule has 8 heteroatoms. The number of likely N-dealkylation sites (tertiary alicyclic amines) is 1. The molecule has 0 spiro atoms. The highest BCUT2D eigenvalue weighted by Gasteiger charge is 2.28. The molecule has 1 atom stereocenters. The summed E-state index contributed by atoms with van der Waals surface area (Å²) < 4.78 is 8.17. The molecule has 0 aromatic carbocycles. The Morgan fingerprint density at radius 1 is 1.46 bits per heavy atom. The van der Waals surface area contributed by atoms with Crippen LogP contribution in [-0.2, 0) is 16.1 Å². The number of guanidine groups is 1. The molecule has 0 aliphatic carbocycles. The summed E-state index contributed by atoms with van der Waals surface area (Å²) in [4.78, 5) is 23.1. The highest BCUT2D eigenvalue weighted by Crippen LogP contribution is 2.18. The highest BCUT2D eigenvalue weighted by atomic mass is 79.9. The van der Waals surface area contributed by atoms with Gasteiger partial charge in [-0.2, -0.15) is 0 Å². The smallest absolute Gasteiger partial charge is 0.310 e. The van der Waals surface area contributed by atoms with E-state index in [1.807, 2.05) is 35.9 Å². The minimum absolute atomic E-state index is 0.0882. The Morgan fingerprint density at radius 2 is 2.31 bits per heavy atom. The lowest BCUT2D eigenvalue weighted by Crippen LogP contribution is -2.48. The number of pyridine rings is 1. The number of imidazole rings is 1. The summed E-state index contributed by atoms with van der Waals surface area (Å²) in [5.41, 5.74) is 1.84. The molecule has 1 unspecified atom stereocenters. The number of fused-ring (bicyclic) bond motifs is 1. The van der Waals surface area contributed by atoms with E-state index in [-0.39, 0.29) is 11.9 Å². The summed E-state index contributed by atoms with van der Waals surface area (Å²) in [6.45, 7) is 4.36. The lowest BCUT2D eigenvalue weighted by Gasteiger charge is -2.33. The van der Waals surface area contributed by atoms with Gasteiger partial charge in [-0.15, -0.1) is 0 Å². The van der Waals surface area contributed by atoms with E-state index in [9.17, 15) is 4.79 Å². The van der Waals surface area contributed by atoms with Crippen molar-refractivity contribution in [1.82, 2.24) is 19.6 Å². The Morgan fingerprint density at radius 3 is 3.08 bits per heavy atom. The normalized spacial score (nSPS) is 18.2. The maximum atomic E-state index is 12.0. The molecule has 3 heterocycles. The number of carbonyl (C=O) groups excluding carboxylic acids is 1. The van der Waals surface area contributed by atoms with E-state index in [4.69, 9.17) is 4.74 Å². The van der Waals surface area contributed by atoms with Gasteiger partial charge in [-0.25, -0.2) is 4.98 Å². The van der Waals surface area contributed by atoms with Gasteiger partial charge in [-0.05, 0) is 47.8 Å². The van der Waals surface area contributed by atoms with Crippen LogP contribution in [0.25, 0.3) is 5.65 Å². The van der Waals surface area contributed by atoms with E-state index in [2.05, 4.69) is 36.1 Å². The van der Waals surface area contributed by atoms with E-state index < -0.39 is 0 Å². The molecule has 0 saturated carbocycles. The second-order valence-corrected chi connectivity index (χ2v) is 7.20. The molecular formula is C18H24BrN5O2. The standard InChI is InChI=1S/C18H24BrN5O2/c1-3-26-17(25)13-5-4-8-23(10-13)18(20-2)21-9-15-12-24-11-14(19)6-7-16(24)22-15/h6-7,11-13H,3-5,8-10H2,1-2H3,(H,20,21). The number of nitrogens with zero attached hydrogens (tertiary/aromatic N) is 4. The molecule has 1 N–H and O–H groups in total. The number of aromatic nitrogens is 2. The van der Waals surface area contributed by atoms with E-state index in [0.717, 1.165) is 41.2 Å². The van der Waals surface area contributed by atoms with Crippen molar-refractivity contribution in [3.05, 3.63) is 34.7 Å². The molecule has 140 valence electrons. The van der Waals surface area contributed by atoms with E-state index in [0.29, 0.717) is 19.7 Å². The van der Waals surface area contributed by atoms with Crippen molar-refractivity contribution >= 4 is 33.5 Å². The Balaban J connectivity index is 1.62. The second-order valence-electron chi connectivity index (χ2n) is 6.28. The van der Waals surface area contributed by atoms with Crippen molar-refractivity contribution in [2.45, 2.75) is 26.3 Å². The van der Waals surface area contributed by atoms with Gasteiger partial charge in [0.2, 0.25) is 0 Å². The maximum Gasteiger partial charge on any atom is 0.310 e. The summed E-state index contributed by atoms with van der Waals surface area (Å²) in [6.07, 6.45) is 5.80. The zero-order chi connectivity index (χ0) is 18.5. The van der Waals surface area contributed by atoms with Gasteiger partial charge in [-0.3, -0.25) is 9.79 Å². The SMILES string of the molecule is CCOC(=O)C1CCCN(C(=NC)NCc2cn3cc(Br)ccc3n2)C1. The maximum absolute atomic E-state index is 12.0. The third-order valence-corrected chi connectivity index (χ3v) is 4.91. The number of aliphatic imine (C=N–C) groups is 1. The summed E-state index contributed by atoms with van der Waals surface area (Å²) in [5, 5.41) is 3.36. The molecule has 7 nitrogen and oxygen atoms in total. The zero-order valence-electron chi connectivity index (χ0n) is 15.1. The first-order valence-electron chi connectivity index (χ1n) is 8.86. The average Bonchev–Trinajstić information content (AvgIpc) is 3.04. The fraction of sp³-hybridized carbons (Fsp3) is 0.500. The van der Waals surface area contributed by atoms with Crippen LogP contribution in [0.5, 0.6) is 0 Å². The highest BCUT2D eigenvalue weighted by molar-refractivity contribution is 9.10. The number of esters is 1. The molecule has 2 aromatic rings. The predicted molar refractivity (Wildman–Crippen MR) is 104 cm³/mol. The van der Waals surface area contributed by atoms with Gasteiger partial charge < -0.3 is 19.4 Å². The predicted octanol–water partition coefficient (Wildman–Crippen LogP) is 2.45. The van der Waals surface area contributed by atoms with Crippen LogP contribution in [0.1, 0.15) is 25.5 Å². The van der Waals surface area contributed by atoms with Gasteiger partial charge in [0, 0.05) is 37.0 Å². The Bertz CT molecular complexity index is 804. The number of halogens is 1. The molecule has 0 radical (unpaired) electrons. The molecule has 0 amide bonds. The van der Waals surface area contributed by atoms with Gasteiger partial charge in [0.05, 0.1) is 24.8 Å². The molecule has 1 aliphatic heterocycles. The van der Waals surface area contributed by atoms with Crippen LogP contribution in [0.2, 0.25) is 0 Å². The average molecular weight is 422 g/mol. The van der Waals surface area contributed by atoms with Crippen molar-refractivity contribution in [3.8, 4) is 0 Å². The number of nitrogens with one attached hydrogen (secondary N) is 1. The molecule has 1 saturated heterocycles. The number of ether oxygens (including phenoxy) is 1. The Kier molecular flexibility index (Phi) is 6.13. The van der Waals surface area contributed by atoms with Crippen LogP contribution in [0.3, 0.4) is 0 Å². The van der Waals surface area contributed by atoms with Crippen molar-refractivity contribution in [1.29, 1.82) is 0 Å². The minimum Gasteiger partial charge on any atom is -0.466 e. The summed E-state index contributed by atoms with van der Waals surface area (Å²) in [7, 11) is 1.76. The van der Waals surface area contributed by atoms with Crippen LogP contribution in [0.15, 0.2) is 34.0 Å². The fourth-order valence-electron chi connectivity index (χ4n) is 3.23. The van der Waals surface area contributed by atoms with E-state index in [1.165, 1.54) is 0 Å². The third-order valence-electron chi connectivity index (χ3n) is 4.45. The lowest BCUT2D eigenvalue weighted by atomic mass is 9.98. The van der Waals surface area contributed by atoms with Gasteiger partial charge in [0.15, 0.2) is 5.96 Å². The van der Waals surface area contributed by atoms with Gasteiger partial charge in [0.1, 0.15) is 5.65 Å². The van der Waals surface area contributed by atoms with Crippen molar-refractivity contribution < 1.29 is 9.53 Å². The molecule has 0 bridgehead atoms. The fourth-order valence-corrected chi connectivity index (χ4v) is 3.58. The van der Waals surface area contributed by atoms with E-state index >= 15 is 0 Å². The molecule has 1 aliphatic rings. The number of rotatable bonds is 4. The van der Waals surface area contributed by atoms with Crippen LogP contribution in [0, 0.1) is 5.92 Å². The van der Waals surface area contributed by atoms with Crippen LogP contribution < -0.4 is 5.32 Å². The van der Waals surface area contributed by atoms with Gasteiger partial charge >= 0.3 is 5.97 Å². The molecule has 2 aromatic heterocycles. The molecule has 3 rings (SSSR count). The Hall–Kier alpha value is -2.09. The van der Waals surface area contributed by atoms with Gasteiger partial charge in [0.25, 0.3) is 0 Å². The number of piperidine rings is 1. The van der Waals surface area contributed by atoms with Gasteiger partial charge in [-0.1, -0.05) is 0 Å². The summed E-state index contributed by atoms with van der Waals surface area (Å²) in [6, 6.07) is 3.94. The minimum atomic E-state index is -0.112. The number of hydrogen-bond acceptors (Lipinski definition) is 4. The molecule has 26 heavy (non-hydrogen) atoms. The van der Waals surface area contributed by atoms with Crippen LogP contribution in [0.4, 0.5) is 0 Å². The first-order valence-corrected chi connectivity index (χ1v) is 9.65. The third kappa shape index (κ3) is 4.35. The number of hydrogen-bond donors (Lipinski definition) is 1. The quantitative estimate of drug-likeness (QED) is 0.466. The zero-order valence-corrected chi connectivity index (χ0v) is 16.7. The van der Waals surface area contributed by atoms with Crippen molar-refractivity contribution in [2.24, 2.45) is 10.9 Å². The molecule has 1 fully saturated rings. The largest absolute Gasteiger partial charge is 0.466 e. The second kappa shape index (κ2) is 8.53. The van der Waals surface area contributed by atoms with Crippen molar-refractivity contribution in [3.63, 3.8) is 0 Å². The monoisotopic (exact) mass is 421 g/mol. The Labute approximate surface area is 161 Å². The topological polar surface area (TPSA) is 71.2 Å². The van der Waals surface area contributed by atoms with Crippen LogP contribution in [-0.4, -0.2) is 53.0 Å². The molecular weight excluding hydrogens is 398 g/mol. The lowest BCUT2D eigenvalue weighted by molar-refractivity contribution is -0.149. The van der Waals surface area contributed by atoms with E-state index in [1.54, 1.807) is 7.05 Å². The van der Waals surface area contributed by atoms with Crippen LogP contribution >= 0.6 is 15.9 Å². The summed E-state index contributed by atoms with van der Waals surface area (Å²) >= 11 is 3.47. The number of carbonyl (C=O) groups is 1. The first kappa shape index (κ1) is 18.7.